The predicted octanol–water partition coefficient (Wildman–Crippen LogP) is 2.76. The van der Waals surface area contributed by atoms with E-state index in [0.717, 1.165) is 12.1 Å². The molecule has 0 spiro atoms. The maximum Gasteiger partial charge on any atom is 0.513 e. The van der Waals surface area contributed by atoms with E-state index in [1.54, 1.807) is 6.92 Å². The number of carbonyl (C=O) groups excluding carboxylic acids is 1. The predicted molar refractivity (Wildman–Crippen MR) is 68.4 cm³/mol. The Morgan fingerprint density at radius 1 is 1.45 bits per heavy atom. The molecule has 122 valence electrons. The summed E-state index contributed by atoms with van der Waals surface area (Å²) in [5.41, 5.74) is -0.929. The Morgan fingerprint density at radius 2 is 2.18 bits per heavy atom. The van der Waals surface area contributed by atoms with Gasteiger partial charge in [-0.25, -0.2) is 4.79 Å². The van der Waals surface area contributed by atoms with Gasteiger partial charge >= 0.3 is 12.3 Å². The van der Waals surface area contributed by atoms with Crippen molar-refractivity contribution in [3.05, 3.63) is 29.8 Å². The first-order chi connectivity index (χ1) is 10.3. The van der Waals surface area contributed by atoms with Crippen molar-refractivity contribution >= 4 is 6.16 Å². The van der Waals surface area contributed by atoms with Crippen LogP contribution in [0.15, 0.2) is 24.3 Å². The van der Waals surface area contributed by atoms with Crippen LogP contribution in [0.4, 0.5) is 18.0 Å². The molecule has 1 aliphatic heterocycles. The topological polar surface area (TPSA) is 65.0 Å². The van der Waals surface area contributed by atoms with Gasteiger partial charge in [-0.3, -0.25) is 0 Å². The van der Waals surface area contributed by atoms with E-state index in [1.807, 2.05) is 0 Å². The summed E-state index contributed by atoms with van der Waals surface area (Å²) >= 11 is 0. The molecule has 0 bridgehead atoms. The molecule has 5 nitrogen and oxygen atoms in total. The number of rotatable bonds is 3. The molecule has 1 aromatic rings. The normalized spacial score (nSPS) is 25.0. The average molecular weight is 320 g/mol. The first-order valence-electron chi connectivity index (χ1n) is 6.61. The fraction of sp³-hybridized carbons (Fsp3) is 0.500. The highest BCUT2D eigenvalue weighted by atomic mass is 19.4. The third-order valence-corrected chi connectivity index (χ3v) is 3.14. The average Bonchev–Trinajstić information content (AvgIpc) is 2.74. The first-order valence-corrected chi connectivity index (χ1v) is 6.61. The Bertz CT molecular complexity index is 531. The smallest absolute Gasteiger partial charge is 0.431 e. The van der Waals surface area contributed by atoms with Crippen LogP contribution in [0, 0.1) is 0 Å². The van der Waals surface area contributed by atoms with Gasteiger partial charge in [0.05, 0.1) is 17.8 Å². The first kappa shape index (κ1) is 16.6. The Labute approximate surface area is 124 Å². The molecule has 22 heavy (non-hydrogen) atoms. The molecular weight excluding hydrogens is 305 g/mol. The third kappa shape index (κ3) is 4.35. The number of benzene rings is 1. The molecule has 0 aromatic heterocycles. The number of aliphatic hydroxyl groups is 1. The van der Waals surface area contributed by atoms with Gasteiger partial charge in [0.15, 0.2) is 0 Å². The van der Waals surface area contributed by atoms with E-state index >= 15 is 0 Å². The highest BCUT2D eigenvalue weighted by molar-refractivity contribution is 5.63. The summed E-state index contributed by atoms with van der Waals surface area (Å²) in [6.45, 7) is 1.54. The monoisotopic (exact) mass is 320 g/mol. The standard InChI is InChI=1S/C14H15F3O5/c1-8-5-11(18)12(21-8)7-20-13(19)22-10-4-2-3-9(6-10)14(15,16)17/h2-4,6,8,11-12,18H,5,7H2,1H3/t8-,11+,12+/m0/s1. The zero-order valence-electron chi connectivity index (χ0n) is 11.7. The fourth-order valence-electron chi connectivity index (χ4n) is 2.10. The quantitative estimate of drug-likeness (QED) is 0.685. The summed E-state index contributed by atoms with van der Waals surface area (Å²) in [6, 6.07) is 3.89. The van der Waals surface area contributed by atoms with Crippen LogP contribution >= 0.6 is 0 Å². The number of hydrogen-bond donors (Lipinski definition) is 1. The van der Waals surface area contributed by atoms with Crippen LogP contribution in [-0.4, -0.2) is 36.2 Å². The van der Waals surface area contributed by atoms with Gasteiger partial charge in [0.1, 0.15) is 18.5 Å². The molecule has 3 atom stereocenters. The van der Waals surface area contributed by atoms with Crippen LogP contribution < -0.4 is 4.74 Å². The molecule has 1 heterocycles. The minimum Gasteiger partial charge on any atom is -0.431 e. The maximum absolute atomic E-state index is 12.5. The molecule has 1 fully saturated rings. The molecular formula is C14H15F3O5. The molecule has 0 radical (unpaired) electrons. The summed E-state index contributed by atoms with van der Waals surface area (Å²) in [5.74, 6) is -0.277. The molecule has 0 unspecified atom stereocenters. The van der Waals surface area contributed by atoms with Crippen molar-refractivity contribution in [1.82, 2.24) is 0 Å². The molecule has 0 saturated carbocycles. The van der Waals surface area contributed by atoms with E-state index in [2.05, 4.69) is 4.74 Å². The van der Waals surface area contributed by atoms with Crippen molar-refractivity contribution in [1.29, 1.82) is 0 Å². The zero-order chi connectivity index (χ0) is 16.3. The third-order valence-electron chi connectivity index (χ3n) is 3.14. The van der Waals surface area contributed by atoms with Gasteiger partial charge in [-0.15, -0.1) is 0 Å². The Kier molecular flexibility index (Phi) is 4.92. The van der Waals surface area contributed by atoms with Crippen molar-refractivity contribution in [3.8, 4) is 5.75 Å². The largest absolute Gasteiger partial charge is 0.513 e. The molecule has 1 aliphatic rings. The van der Waals surface area contributed by atoms with Crippen molar-refractivity contribution < 1.29 is 37.3 Å². The number of ether oxygens (including phenoxy) is 3. The van der Waals surface area contributed by atoms with E-state index in [9.17, 15) is 23.1 Å². The van der Waals surface area contributed by atoms with E-state index in [4.69, 9.17) is 9.47 Å². The van der Waals surface area contributed by atoms with Crippen LogP contribution in [0.2, 0.25) is 0 Å². The molecule has 0 amide bonds. The van der Waals surface area contributed by atoms with Gasteiger partial charge in [-0.1, -0.05) is 6.07 Å². The lowest BCUT2D eigenvalue weighted by Gasteiger charge is -2.14. The van der Waals surface area contributed by atoms with E-state index in [-0.39, 0.29) is 18.5 Å². The van der Waals surface area contributed by atoms with Gasteiger partial charge in [0.2, 0.25) is 0 Å². The molecule has 1 saturated heterocycles. The van der Waals surface area contributed by atoms with Gasteiger partial charge in [-0.2, -0.15) is 13.2 Å². The van der Waals surface area contributed by atoms with Crippen LogP contribution in [0.1, 0.15) is 18.9 Å². The van der Waals surface area contributed by atoms with Gasteiger partial charge < -0.3 is 19.3 Å². The lowest BCUT2D eigenvalue weighted by molar-refractivity contribution is -0.137. The van der Waals surface area contributed by atoms with Crippen molar-refractivity contribution in [3.63, 3.8) is 0 Å². The number of carbonyl (C=O) groups is 1. The Hall–Kier alpha value is -1.80. The van der Waals surface area contributed by atoms with Crippen LogP contribution in [0.3, 0.4) is 0 Å². The van der Waals surface area contributed by atoms with Crippen LogP contribution in [0.25, 0.3) is 0 Å². The van der Waals surface area contributed by atoms with E-state index < -0.39 is 30.1 Å². The van der Waals surface area contributed by atoms with Gasteiger partial charge in [0, 0.05) is 6.42 Å². The second kappa shape index (κ2) is 6.53. The van der Waals surface area contributed by atoms with Crippen LogP contribution in [0.5, 0.6) is 5.75 Å². The van der Waals surface area contributed by atoms with Gasteiger partial charge in [-0.05, 0) is 25.1 Å². The van der Waals surface area contributed by atoms with Gasteiger partial charge in [0.25, 0.3) is 0 Å². The molecule has 0 aliphatic carbocycles. The molecule has 1 aromatic carbocycles. The minimum absolute atomic E-state index is 0.150. The Morgan fingerprint density at radius 3 is 2.77 bits per heavy atom. The molecule has 1 N–H and O–H groups in total. The fourth-order valence-corrected chi connectivity index (χ4v) is 2.10. The van der Waals surface area contributed by atoms with E-state index in [1.165, 1.54) is 6.07 Å². The summed E-state index contributed by atoms with van der Waals surface area (Å²) in [4.78, 5) is 11.5. The summed E-state index contributed by atoms with van der Waals surface area (Å²) < 4.78 is 52.3. The summed E-state index contributed by atoms with van der Waals surface area (Å²) in [5, 5.41) is 9.61. The number of aliphatic hydroxyl groups excluding tert-OH is 1. The lowest BCUT2D eigenvalue weighted by atomic mass is 10.1. The lowest BCUT2D eigenvalue weighted by Crippen LogP contribution is -2.28. The Balaban J connectivity index is 1.87. The molecule has 8 heteroatoms. The van der Waals surface area contributed by atoms with Crippen LogP contribution in [-0.2, 0) is 15.7 Å². The maximum atomic E-state index is 12.5. The van der Waals surface area contributed by atoms with Crippen molar-refractivity contribution in [2.24, 2.45) is 0 Å². The van der Waals surface area contributed by atoms with E-state index in [0.29, 0.717) is 12.5 Å². The second-order valence-electron chi connectivity index (χ2n) is 4.98. The highest BCUT2D eigenvalue weighted by Gasteiger charge is 2.33. The van der Waals surface area contributed by atoms with Crippen molar-refractivity contribution in [2.75, 3.05) is 6.61 Å². The highest BCUT2D eigenvalue weighted by Crippen LogP contribution is 2.31. The summed E-state index contributed by atoms with van der Waals surface area (Å²) in [6.07, 6.45) is -6.82. The summed E-state index contributed by atoms with van der Waals surface area (Å²) in [7, 11) is 0. The zero-order valence-corrected chi connectivity index (χ0v) is 11.7. The minimum atomic E-state index is -4.53. The van der Waals surface area contributed by atoms with Crippen molar-refractivity contribution in [2.45, 2.75) is 37.8 Å². The number of alkyl halides is 3. The number of hydrogen-bond acceptors (Lipinski definition) is 5. The second-order valence-corrected chi connectivity index (χ2v) is 4.98. The SMILES string of the molecule is C[C@H]1C[C@@H](O)[C@@H](COC(=O)Oc2cccc(C(F)(F)F)c2)O1. The molecule has 2 rings (SSSR count). The number of halogens is 3.